The van der Waals surface area contributed by atoms with E-state index in [0.29, 0.717) is 0 Å². The van der Waals surface area contributed by atoms with Crippen LogP contribution in [0.1, 0.15) is 94.1 Å². The van der Waals surface area contributed by atoms with Crippen molar-refractivity contribution in [1.29, 1.82) is 0 Å². The second kappa shape index (κ2) is 26.6. The molecule has 0 radical (unpaired) electrons. The lowest BCUT2D eigenvalue weighted by atomic mass is 9.85. The number of benzene rings is 1. The van der Waals surface area contributed by atoms with Crippen LogP contribution in [-0.2, 0) is 35.3 Å². The molecule has 1 heterocycles. The maximum absolute atomic E-state index is 14.0. The molecule has 5 amide bonds. The van der Waals surface area contributed by atoms with Crippen molar-refractivity contribution < 1.29 is 42.3 Å². The molecule has 5 atom stereocenters. The molecule has 2 rings (SSSR count). The van der Waals surface area contributed by atoms with Gasteiger partial charge in [-0.15, -0.1) is 0 Å². The molecule has 1 fully saturated rings. The van der Waals surface area contributed by atoms with Gasteiger partial charge >= 0.3 is 12.0 Å². The van der Waals surface area contributed by atoms with Crippen molar-refractivity contribution in [1.82, 2.24) is 25.8 Å². The second-order valence-corrected chi connectivity index (χ2v) is 14.4. The van der Waals surface area contributed by atoms with Gasteiger partial charge in [0.25, 0.3) is 5.91 Å². The van der Waals surface area contributed by atoms with Gasteiger partial charge in [0, 0.05) is 12.5 Å². The molecule has 1 aromatic rings. The normalized spacial score (nSPS) is 16.6. The minimum absolute atomic E-state index is 0.00864. The van der Waals surface area contributed by atoms with Gasteiger partial charge in [0.2, 0.25) is 24.0 Å². The monoisotopic (exact) mass is 771 g/mol. The summed E-state index contributed by atoms with van der Waals surface area (Å²) in [6, 6.07) is 4.31. The fourth-order valence-electron chi connectivity index (χ4n) is 5.20. The Hall–Kier alpha value is -4.14. The number of urea groups is 1. The maximum atomic E-state index is 14.0. The molecule has 1 aliphatic rings. The Morgan fingerprint density at radius 2 is 1.50 bits per heavy atom. The number of hydrogen-bond donors (Lipinski definition) is 4. The smallest absolute Gasteiger partial charge is 0.325 e. The van der Waals surface area contributed by atoms with E-state index in [9.17, 15) is 37.5 Å². The summed E-state index contributed by atoms with van der Waals surface area (Å²) in [6.07, 6.45) is -3.10. The van der Waals surface area contributed by atoms with Gasteiger partial charge in [0.15, 0.2) is 0 Å². The van der Waals surface area contributed by atoms with E-state index < -0.39 is 84.4 Å². The van der Waals surface area contributed by atoms with Gasteiger partial charge in [0.05, 0.1) is 6.04 Å². The summed E-state index contributed by atoms with van der Waals surface area (Å²) in [7, 11) is 6.00. The molecule has 1 aromatic carbocycles. The van der Waals surface area contributed by atoms with Crippen LogP contribution in [0.15, 0.2) is 30.3 Å². The molecule has 54 heavy (non-hydrogen) atoms. The van der Waals surface area contributed by atoms with Crippen LogP contribution in [-0.4, -0.2) is 104 Å². The van der Waals surface area contributed by atoms with Gasteiger partial charge in [-0.3, -0.25) is 24.0 Å². The van der Waals surface area contributed by atoms with Crippen molar-refractivity contribution in [2.24, 2.45) is 28.9 Å². The molecule has 0 spiro atoms. The number of esters is 1. The average Bonchev–Trinajstić information content (AvgIpc) is 3.57. The summed E-state index contributed by atoms with van der Waals surface area (Å²) in [4.78, 5) is 80.2. The first-order valence-corrected chi connectivity index (χ1v) is 18.8. The topological polar surface area (TPSA) is 180 Å². The first-order valence-electron chi connectivity index (χ1n) is 18.8. The SMILES string of the molecule is CC.CC.CCC(CC(NC(=O)C1CC(C(C)C)CN1C(=O)C(NC(=O)NCC(=O)OCc1ccccc1)C(C)(C)C)C(=O)C(N)=O)C(F)F.CN(C)C. The maximum Gasteiger partial charge on any atom is 0.325 e. The number of likely N-dealkylation sites (tertiary alicyclic amines) is 1. The van der Waals surface area contributed by atoms with Crippen LogP contribution in [0.25, 0.3) is 0 Å². The number of nitrogens with one attached hydrogen (secondary N) is 3. The standard InChI is InChI=1S/C32H47F2N5O7.C3H9N.2C2H6/c1-7-20(27(33)34)13-22(25(41)28(35)42)37-29(43)23-14-21(18(2)3)16-39(23)30(44)26(32(4,5)6)38-31(45)36-15-24(40)46-17-19-11-9-8-10-12-19;1-4(2)3;2*1-2/h8-12,18,20-23,26-27H,7,13-17H2,1-6H3,(H2,35,42)(H,37,43)(H2,36,38,45);1-3H3;2*1-2H3. The molecule has 1 saturated heterocycles. The Morgan fingerprint density at radius 3 is 1.94 bits per heavy atom. The molecule has 15 heteroatoms. The molecule has 310 valence electrons. The molecule has 13 nitrogen and oxygen atoms in total. The Kier molecular flexibility index (Phi) is 25.6. The Labute approximate surface area is 321 Å². The van der Waals surface area contributed by atoms with Crippen molar-refractivity contribution >= 4 is 35.5 Å². The molecule has 0 aliphatic carbocycles. The van der Waals surface area contributed by atoms with Crippen molar-refractivity contribution in [3.8, 4) is 0 Å². The van der Waals surface area contributed by atoms with Crippen molar-refractivity contribution in [2.45, 2.75) is 120 Å². The van der Waals surface area contributed by atoms with E-state index in [1.54, 1.807) is 45.0 Å². The lowest BCUT2D eigenvalue weighted by Gasteiger charge is -2.35. The van der Waals surface area contributed by atoms with Crippen LogP contribution in [0.3, 0.4) is 0 Å². The first-order chi connectivity index (χ1) is 25.2. The molecule has 5 unspecified atom stereocenters. The fraction of sp³-hybridized carbons (Fsp3) is 0.692. The summed E-state index contributed by atoms with van der Waals surface area (Å²) in [5.41, 5.74) is 5.07. The van der Waals surface area contributed by atoms with Crippen LogP contribution in [0.2, 0.25) is 0 Å². The number of Topliss-reactive ketones (excluding diaryl/α,β-unsaturated/α-hetero) is 1. The first kappa shape index (κ1) is 52.0. The zero-order valence-corrected chi connectivity index (χ0v) is 34.8. The van der Waals surface area contributed by atoms with E-state index in [1.807, 2.05) is 73.7 Å². The third-order valence-electron chi connectivity index (χ3n) is 8.18. The van der Waals surface area contributed by atoms with Crippen LogP contribution >= 0.6 is 0 Å². The van der Waals surface area contributed by atoms with Crippen molar-refractivity contribution in [2.75, 3.05) is 34.2 Å². The van der Waals surface area contributed by atoms with Gasteiger partial charge in [-0.2, -0.15) is 0 Å². The summed E-state index contributed by atoms with van der Waals surface area (Å²) < 4.78 is 32.2. The van der Waals surface area contributed by atoms with E-state index in [2.05, 4.69) is 16.0 Å². The Balaban J connectivity index is 0. The lowest BCUT2D eigenvalue weighted by Crippen LogP contribution is -2.60. The van der Waals surface area contributed by atoms with Crippen LogP contribution in [0.5, 0.6) is 0 Å². The third kappa shape index (κ3) is 19.3. The summed E-state index contributed by atoms with van der Waals surface area (Å²) in [5, 5.41) is 7.41. The summed E-state index contributed by atoms with van der Waals surface area (Å²) >= 11 is 0. The number of ketones is 1. The van der Waals surface area contributed by atoms with Gasteiger partial charge < -0.3 is 36.2 Å². The molecular formula is C39H68F2N6O7. The van der Waals surface area contributed by atoms with Crippen molar-refractivity contribution in [3.63, 3.8) is 0 Å². The lowest BCUT2D eigenvalue weighted by molar-refractivity contribution is -0.143. The van der Waals surface area contributed by atoms with E-state index in [-0.39, 0.29) is 37.8 Å². The highest BCUT2D eigenvalue weighted by Gasteiger charge is 2.46. The number of nitrogens with zero attached hydrogens (tertiary/aromatic N) is 2. The number of halogens is 2. The fourth-order valence-corrected chi connectivity index (χ4v) is 5.20. The van der Waals surface area contributed by atoms with Crippen molar-refractivity contribution in [3.05, 3.63) is 35.9 Å². The molecule has 0 aromatic heterocycles. The zero-order valence-electron chi connectivity index (χ0n) is 34.8. The van der Waals surface area contributed by atoms with Gasteiger partial charge in [-0.25, -0.2) is 13.6 Å². The van der Waals surface area contributed by atoms with E-state index in [4.69, 9.17) is 10.5 Å². The largest absolute Gasteiger partial charge is 0.460 e. The van der Waals surface area contributed by atoms with E-state index in [1.165, 1.54) is 11.8 Å². The van der Waals surface area contributed by atoms with Crippen LogP contribution < -0.4 is 21.7 Å². The van der Waals surface area contributed by atoms with Crippen LogP contribution in [0.4, 0.5) is 13.6 Å². The van der Waals surface area contributed by atoms with E-state index >= 15 is 0 Å². The number of rotatable bonds is 15. The average molecular weight is 771 g/mol. The number of alkyl halides is 2. The number of primary amides is 1. The van der Waals surface area contributed by atoms with Crippen LogP contribution in [0, 0.1) is 23.2 Å². The predicted molar refractivity (Wildman–Crippen MR) is 207 cm³/mol. The molecule has 5 N–H and O–H groups in total. The minimum Gasteiger partial charge on any atom is -0.460 e. The molecule has 0 saturated carbocycles. The quantitative estimate of drug-likeness (QED) is 0.146. The second-order valence-electron chi connectivity index (χ2n) is 14.4. The molecule has 1 aliphatic heterocycles. The van der Waals surface area contributed by atoms with Gasteiger partial charge in [0.1, 0.15) is 25.2 Å². The molecule has 0 bridgehead atoms. The highest BCUT2D eigenvalue weighted by molar-refractivity contribution is 6.37. The third-order valence-corrected chi connectivity index (χ3v) is 8.18. The predicted octanol–water partition coefficient (Wildman–Crippen LogP) is 4.77. The molecular weight excluding hydrogens is 702 g/mol. The number of nitrogens with two attached hydrogens (primary N) is 1. The number of hydrogen-bond acceptors (Lipinski definition) is 8. The highest BCUT2D eigenvalue weighted by atomic mass is 19.3. The Bertz CT molecular complexity index is 1290. The zero-order chi connectivity index (χ0) is 42.3. The number of carbonyl (C=O) groups excluding carboxylic acids is 6. The number of ether oxygens (including phenoxy) is 1. The Morgan fingerprint density at radius 1 is 0.963 bits per heavy atom. The summed E-state index contributed by atoms with van der Waals surface area (Å²) in [5.74, 6) is -6.02. The summed E-state index contributed by atoms with van der Waals surface area (Å²) in [6.45, 7) is 18.2. The van der Waals surface area contributed by atoms with Gasteiger partial charge in [-0.1, -0.05) is 99.6 Å². The highest BCUT2D eigenvalue weighted by Crippen LogP contribution is 2.32. The van der Waals surface area contributed by atoms with Gasteiger partial charge in [-0.05, 0) is 63.2 Å². The number of carbonyl (C=O) groups is 6. The van der Waals surface area contributed by atoms with E-state index in [0.717, 1.165) is 5.56 Å². The minimum atomic E-state index is -2.80. The number of amides is 5.